The Labute approximate surface area is 410 Å². The molecule has 10 rings (SSSR count). The van der Waals surface area contributed by atoms with E-state index in [4.69, 9.17) is 17.3 Å². The molecule has 0 bridgehead atoms. The first-order valence-corrected chi connectivity index (χ1v) is 24.7. The number of rotatable bonds is 8. The Hall–Kier alpha value is -6.03. The van der Waals surface area contributed by atoms with E-state index in [1.807, 2.05) is 44.4 Å². The predicted octanol–water partition coefficient (Wildman–Crippen LogP) is 13.2. The molecule has 4 fully saturated rings. The first-order chi connectivity index (χ1) is 33.0. The molecule has 4 heterocycles. The molecule has 0 spiro atoms. The molecule has 6 aromatic rings. The van der Waals surface area contributed by atoms with E-state index < -0.39 is 5.41 Å². The number of halogens is 3. The van der Waals surface area contributed by atoms with Gasteiger partial charge in [0.15, 0.2) is 0 Å². The molecule has 4 unspecified atom stereocenters. The Morgan fingerprint density at radius 3 is 1.46 bits per heavy atom. The first-order valence-electron chi connectivity index (χ1n) is 24.4. The van der Waals surface area contributed by atoms with Crippen molar-refractivity contribution in [3.63, 3.8) is 0 Å². The van der Waals surface area contributed by atoms with Gasteiger partial charge in [0.05, 0.1) is 11.0 Å². The van der Waals surface area contributed by atoms with Gasteiger partial charge in [0, 0.05) is 69.6 Å². The van der Waals surface area contributed by atoms with Crippen molar-refractivity contribution in [1.82, 2.24) is 19.9 Å². The van der Waals surface area contributed by atoms with E-state index in [9.17, 15) is 18.4 Å². The number of hydrogen-bond donors (Lipinski definition) is 1. The third-order valence-corrected chi connectivity index (χ3v) is 16.6. The summed E-state index contributed by atoms with van der Waals surface area (Å²) in [4.78, 5) is 42.2. The third-order valence-electron chi connectivity index (χ3n) is 16.1. The van der Waals surface area contributed by atoms with Crippen molar-refractivity contribution < 1.29 is 18.4 Å². The van der Waals surface area contributed by atoms with Gasteiger partial charge < -0.3 is 5.73 Å². The fraction of sp³-hybridized carbons (Fsp3) is 0.424. The van der Waals surface area contributed by atoms with Crippen LogP contribution in [0.2, 0.25) is 0 Å². The lowest BCUT2D eigenvalue weighted by molar-refractivity contribution is -0.129. The molecule has 356 valence electrons. The van der Waals surface area contributed by atoms with E-state index in [1.165, 1.54) is 23.3 Å². The second-order valence-electron chi connectivity index (χ2n) is 20.9. The van der Waals surface area contributed by atoms with Crippen molar-refractivity contribution in [2.45, 2.75) is 111 Å². The van der Waals surface area contributed by atoms with Crippen LogP contribution in [0, 0.1) is 81.7 Å². The molecule has 0 saturated heterocycles. The number of fused-ring (bicyclic) bond motifs is 4. The zero-order chi connectivity index (χ0) is 49.0. The number of carbonyl (C=O) groups is 2. The average Bonchev–Trinajstić information content (AvgIpc) is 4.12. The summed E-state index contributed by atoms with van der Waals surface area (Å²) in [5.74, 6) is 16.1. The van der Waals surface area contributed by atoms with Crippen LogP contribution >= 0.6 is 11.6 Å². The van der Waals surface area contributed by atoms with Gasteiger partial charge in [-0.3, -0.25) is 24.5 Å². The van der Waals surface area contributed by atoms with Crippen LogP contribution in [0.5, 0.6) is 0 Å². The molecule has 0 aliphatic heterocycles. The third kappa shape index (κ3) is 11.1. The van der Waals surface area contributed by atoms with Gasteiger partial charge in [-0.1, -0.05) is 39.5 Å². The maximum Gasteiger partial charge on any atom is 0.227 e. The fourth-order valence-electron chi connectivity index (χ4n) is 12.1. The molecular weight excluding hydrogens is 884 g/mol. The summed E-state index contributed by atoms with van der Waals surface area (Å²) in [6.07, 6.45) is 16.3. The Balaban J connectivity index is 0.000000160. The van der Waals surface area contributed by atoms with Gasteiger partial charge in [0.2, 0.25) is 5.24 Å². The minimum absolute atomic E-state index is 0.206. The zero-order valence-electron chi connectivity index (χ0n) is 40.5. The lowest BCUT2D eigenvalue weighted by Crippen LogP contribution is -2.33. The van der Waals surface area contributed by atoms with Crippen LogP contribution in [-0.4, -0.2) is 31.0 Å². The van der Waals surface area contributed by atoms with Crippen LogP contribution < -0.4 is 5.73 Å². The Kier molecular flexibility index (Phi) is 15.0. The highest BCUT2D eigenvalue weighted by Crippen LogP contribution is 2.58. The lowest BCUT2D eigenvalue weighted by Gasteiger charge is -2.31. The van der Waals surface area contributed by atoms with Crippen LogP contribution in [0.1, 0.15) is 133 Å². The summed E-state index contributed by atoms with van der Waals surface area (Å²) < 4.78 is 27.7. The molecule has 4 aliphatic rings. The summed E-state index contributed by atoms with van der Waals surface area (Å²) >= 11 is 5.83. The van der Waals surface area contributed by atoms with Gasteiger partial charge in [0.1, 0.15) is 23.2 Å². The highest BCUT2D eigenvalue weighted by Gasteiger charge is 2.50. The molecule has 8 atom stereocenters. The van der Waals surface area contributed by atoms with E-state index >= 15 is 0 Å². The quantitative estimate of drug-likeness (QED) is 0.119. The summed E-state index contributed by atoms with van der Waals surface area (Å²) in [6, 6.07) is 21.3. The van der Waals surface area contributed by atoms with E-state index in [-0.39, 0.29) is 28.1 Å². The number of nitrogens with zero attached hydrogens (tertiary/aromatic N) is 4. The van der Waals surface area contributed by atoms with Crippen molar-refractivity contribution in [1.29, 1.82) is 0 Å². The topological polar surface area (TPSA) is 112 Å². The number of carbonyl (C=O) groups excluding carboxylic acids is 2. The molecular formula is C59H62ClF2N5O2. The smallest absolute Gasteiger partial charge is 0.227 e. The van der Waals surface area contributed by atoms with E-state index in [1.54, 1.807) is 56.6 Å². The number of anilines is 1. The molecule has 69 heavy (non-hydrogen) atoms. The van der Waals surface area contributed by atoms with Crippen LogP contribution in [-0.2, 0) is 16.0 Å². The van der Waals surface area contributed by atoms with Crippen LogP contribution in [0.4, 0.5) is 14.6 Å². The molecule has 0 amide bonds. The standard InChI is InChI=1S/C30H31FN2O.C21H23ClFNO.C8H8N2/c1-4-5-19-6-8-25(33-18-19)17-29(34)30(2,3)23-14-20-12-22(13-21(20)15-23)26-10-11-32-28-9-7-24(31)16-27(26)28;1-21(2,20(22)25)15-9-12-7-14(8-13(12)10-15)17-5-6-24-19-4-3-16(23)11-18(17)19;1-2-3-7-4-5-8(9)10-6-7/h6-11,16,18,20-23H,12-15,17H2,1-3H3;3-6,11-15H,7-10H2,1-2H3;4-6H,1H3,(H2,9,10)/t20-,21+,22?,23?;12-,13+,14?,15?;. The average molecular weight is 947 g/mol. The predicted molar refractivity (Wildman–Crippen MR) is 272 cm³/mol. The second-order valence-corrected chi connectivity index (χ2v) is 21.3. The molecule has 10 heteroatoms. The summed E-state index contributed by atoms with van der Waals surface area (Å²) in [5.41, 5.74) is 11.3. The molecule has 0 radical (unpaired) electrons. The molecule has 4 aliphatic carbocycles. The Morgan fingerprint density at radius 1 is 0.609 bits per heavy atom. The Morgan fingerprint density at radius 2 is 1.06 bits per heavy atom. The number of hydrogen-bond acceptors (Lipinski definition) is 7. The van der Waals surface area contributed by atoms with Crippen molar-refractivity contribution >= 4 is 50.3 Å². The number of nitrogen functional groups attached to an aromatic ring is 1. The number of ketones is 1. The number of nitrogens with two attached hydrogens (primary N) is 1. The normalized spacial score (nSPS) is 23.6. The minimum atomic E-state index is -0.437. The van der Waals surface area contributed by atoms with Crippen molar-refractivity contribution in [2.75, 3.05) is 5.73 Å². The van der Waals surface area contributed by atoms with E-state index in [2.05, 4.69) is 69.6 Å². The summed E-state index contributed by atoms with van der Waals surface area (Å²) in [6.45, 7) is 11.8. The van der Waals surface area contributed by atoms with Gasteiger partial charge in [-0.25, -0.2) is 13.8 Å². The van der Waals surface area contributed by atoms with Crippen molar-refractivity contribution in [3.8, 4) is 23.7 Å². The molecule has 2 N–H and O–H groups in total. The van der Waals surface area contributed by atoms with Gasteiger partial charge >= 0.3 is 0 Å². The largest absolute Gasteiger partial charge is 0.384 e. The van der Waals surface area contributed by atoms with Gasteiger partial charge in [-0.2, -0.15) is 0 Å². The fourth-order valence-corrected chi connectivity index (χ4v) is 12.2. The summed E-state index contributed by atoms with van der Waals surface area (Å²) in [5, 5.41) is 1.67. The van der Waals surface area contributed by atoms with Crippen LogP contribution in [0.3, 0.4) is 0 Å². The van der Waals surface area contributed by atoms with Gasteiger partial charge in [-0.15, -0.1) is 11.8 Å². The van der Waals surface area contributed by atoms with E-state index in [0.29, 0.717) is 59.6 Å². The van der Waals surface area contributed by atoms with Crippen molar-refractivity contribution in [2.24, 2.45) is 46.3 Å². The second kappa shape index (κ2) is 20.9. The molecule has 4 aromatic heterocycles. The summed E-state index contributed by atoms with van der Waals surface area (Å²) in [7, 11) is 0. The number of Topliss-reactive ketones (excluding diaryl/α,β-unsaturated/α-hetero) is 1. The molecule has 4 saturated carbocycles. The highest BCUT2D eigenvalue weighted by atomic mass is 35.5. The highest BCUT2D eigenvalue weighted by molar-refractivity contribution is 6.64. The number of benzene rings is 2. The molecule has 2 aromatic carbocycles. The number of aromatic nitrogens is 4. The monoisotopic (exact) mass is 945 g/mol. The van der Waals surface area contributed by atoms with Crippen molar-refractivity contribution in [3.05, 3.63) is 137 Å². The van der Waals surface area contributed by atoms with Gasteiger partial charge in [-0.05, 0) is 208 Å². The zero-order valence-corrected chi connectivity index (χ0v) is 41.3. The SMILES string of the molecule is CC#Cc1ccc(CC(=O)C(C)(C)C2C[C@H]3CC(c4ccnc5ccc(F)cc45)C[C@H]3C2)nc1.CC#Cc1ccc(N)nc1.CC(C)(C(=O)Cl)C1C[C@H]2CC(c3ccnc4ccc(F)cc34)C[C@H]2C1. The van der Waals surface area contributed by atoms with E-state index in [0.717, 1.165) is 90.0 Å². The van der Waals surface area contributed by atoms with Gasteiger partial charge in [0.25, 0.3) is 0 Å². The van der Waals surface area contributed by atoms with Crippen LogP contribution in [0.15, 0.2) is 97.6 Å². The first kappa shape index (κ1) is 49.4. The molecule has 7 nitrogen and oxygen atoms in total. The van der Waals surface area contributed by atoms with Crippen LogP contribution in [0.25, 0.3) is 21.8 Å². The number of pyridine rings is 4. The minimum Gasteiger partial charge on any atom is -0.384 e. The maximum atomic E-state index is 13.9. The lowest BCUT2D eigenvalue weighted by atomic mass is 9.72. The maximum absolute atomic E-state index is 13.9. The Bertz CT molecular complexity index is 2940.